The fraction of sp³-hybridized carbons (Fsp3) is 0.714. The van der Waals surface area contributed by atoms with Crippen molar-refractivity contribution in [3.8, 4) is 0 Å². The van der Waals surface area contributed by atoms with Gasteiger partial charge in [-0.2, -0.15) is 0 Å². The summed E-state index contributed by atoms with van der Waals surface area (Å²) in [5.41, 5.74) is 0.0417. The highest BCUT2D eigenvalue weighted by Crippen LogP contribution is 2.29. The zero-order valence-corrected chi connectivity index (χ0v) is 23.2. The van der Waals surface area contributed by atoms with Gasteiger partial charge in [0.2, 0.25) is 0 Å². The van der Waals surface area contributed by atoms with Crippen LogP contribution in [0.5, 0.6) is 0 Å². The van der Waals surface area contributed by atoms with Crippen LogP contribution < -0.4 is 0 Å². The zero-order valence-electron chi connectivity index (χ0n) is 23.2. The van der Waals surface area contributed by atoms with E-state index in [2.05, 4.69) is 33.3 Å². The molecule has 1 aromatic carbocycles. The van der Waals surface area contributed by atoms with E-state index in [1.54, 1.807) is 6.92 Å². The second kappa shape index (κ2) is 12.2. The first-order valence-electron chi connectivity index (χ1n) is 12.4. The van der Waals surface area contributed by atoms with Crippen LogP contribution in [-0.4, -0.2) is 56.4 Å². The van der Waals surface area contributed by atoms with Crippen LogP contribution in [0.25, 0.3) is 0 Å². The Labute approximate surface area is 207 Å². The van der Waals surface area contributed by atoms with E-state index in [-0.39, 0.29) is 25.8 Å². The minimum atomic E-state index is -1.10. The Kier molecular flexibility index (Phi) is 10.8. The standard InChI is InChI=1S/C28H48NO5/c1-11-17-26(3,4)24(30)33-20-28(7,21-34-27(5,6)12-2)25(31)32-19-23-15-13-22(14-16-23)18-29(8,9)10/h13-16H,11-12,17-21H2,1-10H3/q+1. The van der Waals surface area contributed by atoms with E-state index in [0.717, 1.165) is 35.9 Å². The van der Waals surface area contributed by atoms with Crippen LogP contribution in [0.3, 0.4) is 0 Å². The summed E-state index contributed by atoms with van der Waals surface area (Å²) in [4.78, 5) is 25.9. The molecule has 6 heteroatoms. The first kappa shape index (κ1) is 30.1. The second-order valence-electron chi connectivity index (χ2n) is 12.0. The van der Waals surface area contributed by atoms with Crippen LogP contribution in [0, 0.1) is 10.8 Å². The maximum absolute atomic E-state index is 13.2. The van der Waals surface area contributed by atoms with Crippen LogP contribution in [0.1, 0.15) is 78.9 Å². The first-order chi connectivity index (χ1) is 15.5. The van der Waals surface area contributed by atoms with Gasteiger partial charge in [0.25, 0.3) is 0 Å². The molecule has 0 aromatic heterocycles. The lowest BCUT2D eigenvalue weighted by Gasteiger charge is -2.33. The molecule has 0 N–H and O–H groups in total. The number of benzene rings is 1. The van der Waals surface area contributed by atoms with E-state index in [1.165, 1.54) is 5.56 Å². The predicted octanol–water partition coefficient (Wildman–Crippen LogP) is 5.52. The molecule has 0 aliphatic rings. The molecule has 0 heterocycles. The molecular formula is C28H48NO5+. The topological polar surface area (TPSA) is 61.8 Å². The molecule has 0 aliphatic carbocycles. The van der Waals surface area contributed by atoms with Crippen molar-refractivity contribution in [1.29, 1.82) is 0 Å². The van der Waals surface area contributed by atoms with Crippen molar-refractivity contribution < 1.29 is 28.3 Å². The van der Waals surface area contributed by atoms with E-state index in [9.17, 15) is 9.59 Å². The average molecular weight is 479 g/mol. The van der Waals surface area contributed by atoms with Gasteiger partial charge < -0.3 is 18.7 Å². The third-order valence-electron chi connectivity index (χ3n) is 6.12. The Bertz CT molecular complexity index is 792. The Balaban J connectivity index is 2.89. The Hall–Kier alpha value is -1.92. The highest BCUT2D eigenvalue weighted by molar-refractivity contribution is 5.79. The maximum Gasteiger partial charge on any atom is 0.317 e. The van der Waals surface area contributed by atoms with Crippen LogP contribution in [0.4, 0.5) is 0 Å². The summed E-state index contributed by atoms with van der Waals surface area (Å²) in [6.45, 7) is 14.6. The number of carbonyl (C=O) groups is 2. The number of nitrogens with zero attached hydrogens (tertiary/aromatic N) is 1. The summed E-state index contributed by atoms with van der Waals surface area (Å²) in [5, 5.41) is 0. The molecule has 194 valence electrons. The maximum atomic E-state index is 13.2. The lowest BCUT2D eigenvalue weighted by Crippen LogP contribution is -2.43. The number of esters is 2. The van der Waals surface area contributed by atoms with Gasteiger partial charge in [-0.25, -0.2) is 0 Å². The van der Waals surface area contributed by atoms with Gasteiger partial charge in [-0.15, -0.1) is 0 Å². The van der Waals surface area contributed by atoms with Crippen molar-refractivity contribution in [1.82, 2.24) is 0 Å². The van der Waals surface area contributed by atoms with Crippen molar-refractivity contribution >= 4 is 11.9 Å². The molecule has 1 unspecified atom stereocenters. The molecule has 0 amide bonds. The van der Waals surface area contributed by atoms with Crippen molar-refractivity contribution in [2.24, 2.45) is 10.8 Å². The minimum absolute atomic E-state index is 0.0833. The van der Waals surface area contributed by atoms with Gasteiger partial charge in [0.15, 0.2) is 0 Å². The summed E-state index contributed by atoms with van der Waals surface area (Å²) in [7, 11) is 6.44. The number of carbonyl (C=O) groups excluding carboxylic acids is 2. The summed E-state index contributed by atoms with van der Waals surface area (Å²) < 4.78 is 18.2. The first-order valence-corrected chi connectivity index (χ1v) is 12.4. The molecular weight excluding hydrogens is 430 g/mol. The molecule has 1 aromatic rings. The third-order valence-corrected chi connectivity index (χ3v) is 6.12. The lowest BCUT2D eigenvalue weighted by atomic mass is 9.88. The van der Waals surface area contributed by atoms with Gasteiger partial charge in [-0.05, 0) is 53.0 Å². The smallest absolute Gasteiger partial charge is 0.317 e. The lowest BCUT2D eigenvalue weighted by molar-refractivity contribution is -0.884. The fourth-order valence-corrected chi connectivity index (χ4v) is 3.38. The monoisotopic (exact) mass is 478 g/mol. The van der Waals surface area contributed by atoms with Gasteiger partial charge in [0.1, 0.15) is 25.2 Å². The molecule has 0 saturated carbocycles. The van der Waals surface area contributed by atoms with Crippen molar-refractivity contribution in [2.75, 3.05) is 34.4 Å². The van der Waals surface area contributed by atoms with Crippen LogP contribution in [0.2, 0.25) is 0 Å². The Morgan fingerprint density at radius 1 is 0.824 bits per heavy atom. The highest BCUT2D eigenvalue weighted by atomic mass is 16.6. The largest absolute Gasteiger partial charge is 0.464 e. The molecule has 0 fully saturated rings. The molecule has 34 heavy (non-hydrogen) atoms. The van der Waals surface area contributed by atoms with Crippen LogP contribution in [0.15, 0.2) is 24.3 Å². The van der Waals surface area contributed by atoms with Gasteiger partial charge in [-0.3, -0.25) is 9.59 Å². The Morgan fingerprint density at radius 3 is 1.88 bits per heavy atom. The molecule has 0 bridgehead atoms. The fourth-order valence-electron chi connectivity index (χ4n) is 3.38. The van der Waals surface area contributed by atoms with E-state index in [1.807, 2.05) is 53.7 Å². The zero-order chi connectivity index (χ0) is 26.2. The predicted molar refractivity (Wildman–Crippen MR) is 136 cm³/mol. The number of hydrogen-bond acceptors (Lipinski definition) is 5. The number of quaternary nitrogens is 1. The van der Waals surface area contributed by atoms with Gasteiger partial charge in [0.05, 0.1) is 38.8 Å². The van der Waals surface area contributed by atoms with Gasteiger partial charge in [-0.1, -0.05) is 44.5 Å². The van der Waals surface area contributed by atoms with Gasteiger partial charge >= 0.3 is 11.9 Å². The molecule has 1 atom stereocenters. The van der Waals surface area contributed by atoms with Crippen molar-refractivity contribution in [2.45, 2.75) is 86.5 Å². The molecule has 0 aliphatic heterocycles. The Morgan fingerprint density at radius 2 is 1.38 bits per heavy atom. The normalized spacial score (nSPS) is 14.4. The van der Waals surface area contributed by atoms with Crippen LogP contribution in [-0.2, 0) is 37.0 Å². The average Bonchev–Trinajstić information content (AvgIpc) is 2.74. The molecule has 1 rings (SSSR count). The number of ether oxygens (including phenoxy) is 3. The summed E-state index contributed by atoms with van der Waals surface area (Å²) in [5.74, 6) is -0.744. The van der Waals surface area contributed by atoms with E-state index in [0.29, 0.717) is 0 Å². The highest BCUT2D eigenvalue weighted by Gasteiger charge is 2.40. The van der Waals surface area contributed by atoms with Gasteiger partial charge in [0, 0.05) is 5.56 Å². The number of rotatable bonds is 14. The summed E-state index contributed by atoms with van der Waals surface area (Å²) >= 11 is 0. The summed E-state index contributed by atoms with van der Waals surface area (Å²) in [6, 6.07) is 8.10. The number of hydrogen-bond donors (Lipinski definition) is 0. The second-order valence-corrected chi connectivity index (χ2v) is 12.0. The SMILES string of the molecule is CCCC(C)(C)C(=O)OCC(C)(COC(C)(C)CC)C(=O)OCc1ccc(C[N+](C)(C)C)cc1. The quantitative estimate of drug-likeness (QED) is 0.260. The van der Waals surface area contributed by atoms with Crippen LogP contribution >= 0.6 is 0 Å². The third kappa shape index (κ3) is 10.1. The molecule has 6 nitrogen and oxygen atoms in total. The summed E-state index contributed by atoms with van der Waals surface area (Å²) in [6.07, 6.45) is 2.39. The van der Waals surface area contributed by atoms with E-state index in [4.69, 9.17) is 14.2 Å². The van der Waals surface area contributed by atoms with E-state index < -0.39 is 22.4 Å². The molecule has 0 radical (unpaired) electrons. The molecule has 0 spiro atoms. The minimum Gasteiger partial charge on any atom is -0.464 e. The van der Waals surface area contributed by atoms with E-state index >= 15 is 0 Å². The van der Waals surface area contributed by atoms with Crippen molar-refractivity contribution in [3.63, 3.8) is 0 Å². The molecule has 0 saturated heterocycles. The van der Waals surface area contributed by atoms with Crippen molar-refractivity contribution in [3.05, 3.63) is 35.4 Å².